The van der Waals surface area contributed by atoms with Crippen LogP contribution in [-0.4, -0.2) is 13.1 Å². The van der Waals surface area contributed by atoms with Gasteiger partial charge in [-0.3, -0.25) is 0 Å². The van der Waals surface area contributed by atoms with E-state index in [2.05, 4.69) is 19.2 Å². The predicted octanol–water partition coefficient (Wildman–Crippen LogP) is 3.86. The second-order valence-electron chi connectivity index (χ2n) is 5.64. The summed E-state index contributed by atoms with van der Waals surface area (Å²) in [6.07, 6.45) is 0. The molecule has 4 heteroatoms. The summed E-state index contributed by atoms with van der Waals surface area (Å²) in [6, 6.07) is 9.24. The lowest BCUT2D eigenvalue weighted by molar-refractivity contribution is 0.475. The number of aryl methyl sites for hydroxylation is 1. The Labute approximate surface area is 125 Å². The van der Waals surface area contributed by atoms with Crippen LogP contribution in [0.1, 0.15) is 30.9 Å². The quantitative estimate of drug-likeness (QED) is 0.875. The van der Waals surface area contributed by atoms with Gasteiger partial charge in [0, 0.05) is 25.2 Å². The number of hydrogen-bond donors (Lipinski definition) is 1. The van der Waals surface area contributed by atoms with Gasteiger partial charge in [0.05, 0.1) is 12.2 Å². The molecule has 0 bridgehead atoms. The van der Waals surface area contributed by atoms with Crippen LogP contribution in [0.2, 0.25) is 0 Å². The van der Waals surface area contributed by atoms with Crippen molar-refractivity contribution in [2.45, 2.75) is 39.9 Å². The number of rotatable bonds is 6. The lowest BCUT2D eigenvalue weighted by Crippen LogP contribution is -2.21. The van der Waals surface area contributed by atoms with Gasteiger partial charge in [-0.05, 0) is 25.1 Å². The number of nitrogens with one attached hydrogen (secondary N) is 1. The fourth-order valence-corrected chi connectivity index (χ4v) is 2.24. The van der Waals surface area contributed by atoms with Crippen molar-refractivity contribution in [3.8, 4) is 0 Å². The first-order chi connectivity index (χ1) is 9.97. The van der Waals surface area contributed by atoms with Gasteiger partial charge >= 0.3 is 0 Å². The molecule has 2 aromatic rings. The molecule has 0 saturated heterocycles. The summed E-state index contributed by atoms with van der Waals surface area (Å²) >= 11 is 0. The van der Waals surface area contributed by atoms with Crippen molar-refractivity contribution in [1.29, 1.82) is 0 Å². The summed E-state index contributed by atoms with van der Waals surface area (Å²) in [5.41, 5.74) is 1.73. The molecule has 1 N–H and O–H groups in total. The highest BCUT2D eigenvalue weighted by molar-refractivity contribution is 5.47. The maximum atomic E-state index is 13.8. The Bertz CT molecular complexity index is 592. The average molecular weight is 290 g/mol. The van der Waals surface area contributed by atoms with Gasteiger partial charge in [-0.2, -0.15) is 0 Å². The zero-order valence-electron chi connectivity index (χ0n) is 13.1. The minimum atomic E-state index is -0.218. The van der Waals surface area contributed by atoms with E-state index in [4.69, 9.17) is 4.42 Å². The Morgan fingerprint density at radius 3 is 2.67 bits per heavy atom. The molecule has 1 aromatic heterocycles. The maximum absolute atomic E-state index is 13.8. The molecule has 0 aliphatic heterocycles. The normalized spacial score (nSPS) is 11.1. The Hall–Kier alpha value is -1.81. The molecule has 2 rings (SSSR count). The molecule has 0 aliphatic rings. The van der Waals surface area contributed by atoms with Crippen molar-refractivity contribution in [2.24, 2.45) is 0 Å². The van der Waals surface area contributed by atoms with E-state index < -0.39 is 0 Å². The SMILES string of the molecule is Cc1oc(CN(C)c2ccccc2F)cc1CNC(C)C. The Kier molecular flexibility index (Phi) is 5.02. The van der Waals surface area contributed by atoms with Gasteiger partial charge in [0.1, 0.15) is 17.3 Å². The second-order valence-corrected chi connectivity index (χ2v) is 5.64. The van der Waals surface area contributed by atoms with E-state index in [1.807, 2.05) is 31.0 Å². The van der Waals surface area contributed by atoms with Crippen LogP contribution in [0.3, 0.4) is 0 Å². The van der Waals surface area contributed by atoms with Gasteiger partial charge in [-0.15, -0.1) is 0 Å². The number of anilines is 1. The standard InChI is InChI=1S/C17H23FN2O/c1-12(2)19-10-14-9-15(21-13(14)3)11-20(4)17-8-6-5-7-16(17)18/h5-9,12,19H,10-11H2,1-4H3. The summed E-state index contributed by atoms with van der Waals surface area (Å²) < 4.78 is 19.5. The number of furan rings is 1. The van der Waals surface area contributed by atoms with Crippen LogP contribution < -0.4 is 10.2 Å². The second kappa shape index (κ2) is 6.76. The van der Waals surface area contributed by atoms with Crippen LogP contribution in [0, 0.1) is 12.7 Å². The van der Waals surface area contributed by atoms with Crippen LogP contribution in [-0.2, 0) is 13.1 Å². The number of nitrogens with zero attached hydrogens (tertiary/aromatic N) is 1. The van der Waals surface area contributed by atoms with Crippen molar-refractivity contribution < 1.29 is 8.81 Å². The molecule has 0 radical (unpaired) electrons. The molecular formula is C17H23FN2O. The predicted molar refractivity (Wildman–Crippen MR) is 83.9 cm³/mol. The zero-order chi connectivity index (χ0) is 15.4. The number of para-hydroxylation sites is 1. The van der Waals surface area contributed by atoms with E-state index in [0.29, 0.717) is 18.3 Å². The third-order valence-electron chi connectivity index (χ3n) is 3.43. The molecule has 0 aliphatic carbocycles. The van der Waals surface area contributed by atoms with E-state index in [1.54, 1.807) is 12.1 Å². The van der Waals surface area contributed by atoms with Crippen LogP contribution in [0.15, 0.2) is 34.7 Å². The van der Waals surface area contributed by atoms with E-state index >= 15 is 0 Å². The first-order valence-electron chi connectivity index (χ1n) is 7.24. The molecular weight excluding hydrogens is 267 g/mol. The van der Waals surface area contributed by atoms with Crippen molar-refractivity contribution in [2.75, 3.05) is 11.9 Å². The highest BCUT2D eigenvalue weighted by Crippen LogP contribution is 2.21. The smallest absolute Gasteiger partial charge is 0.146 e. The summed E-state index contributed by atoms with van der Waals surface area (Å²) in [6.45, 7) is 7.52. The Morgan fingerprint density at radius 2 is 2.00 bits per heavy atom. The molecule has 114 valence electrons. The van der Waals surface area contributed by atoms with Crippen LogP contribution in [0.25, 0.3) is 0 Å². The first-order valence-corrected chi connectivity index (χ1v) is 7.24. The molecule has 0 amide bonds. The lowest BCUT2D eigenvalue weighted by atomic mass is 10.2. The topological polar surface area (TPSA) is 28.4 Å². The Balaban J connectivity index is 2.06. The van der Waals surface area contributed by atoms with Crippen LogP contribution in [0.5, 0.6) is 0 Å². The lowest BCUT2D eigenvalue weighted by Gasteiger charge is -2.18. The summed E-state index contributed by atoms with van der Waals surface area (Å²) in [4.78, 5) is 1.85. The third kappa shape index (κ3) is 4.08. The van der Waals surface area contributed by atoms with Gasteiger partial charge in [0.2, 0.25) is 0 Å². The summed E-state index contributed by atoms with van der Waals surface area (Å²) in [5.74, 6) is 1.55. The van der Waals surface area contributed by atoms with E-state index in [0.717, 1.165) is 23.6 Å². The minimum absolute atomic E-state index is 0.218. The van der Waals surface area contributed by atoms with Crippen LogP contribution in [0.4, 0.5) is 10.1 Å². The van der Waals surface area contributed by atoms with E-state index in [-0.39, 0.29) is 5.82 Å². The number of benzene rings is 1. The third-order valence-corrected chi connectivity index (χ3v) is 3.43. The number of hydrogen-bond acceptors (Lipinski definition) is 3. The Morgan fingerprint density at radius 1 is 1.29 bits per heavy atom. The fourth-order valence-electron chi connectivity index (χ4n) is 2.24. The van der Waals surface area contributed by atoms with Gasteiger partial charge in [0.25, 0.3) is 0 Å². The molecule has 0 saturated carbocycles. The molecule has 1 aromatic carbocycles. The molecule has 0 unspecified atom stereocenters. The number of halogens is 1. The molecule has 0 spiro atoms. The minimum Gasteiger partial charge on any atom is -0.464 e. The average Bonchev–Trinajstić information content (AvgIpc) is 2.76. The molecule has 21 heavy (non-hydrogen) atoms. The fraction of sp³-hybridized carbons (Fsp3) is 0.412. The molecule has 0 fully saturated rings. The monoisotopic (exact) mass is 290 g/mol. The van der Waals surface area contributed by atoms with Gasteiger partial charge in [0.15, 0.2) is 0 Å². The van der Waals surface area contributed by atoms with E-state index in [9.17, 15) is 4.39 Å². The van der Waals surface area contributed by atoms with Gasteiger partial charge in [-0.25, -0.2) is 4.39 Å². The highest BCUT2D eigenvalue weighted by atomic mass is 19.1. The molecule has 0 atom stereocenters. The molecule has 3 nitrogen and oxygen atoms in total. The summed E-state index contributed by atoms with van der Waals surface area (Å²) in [5, 5.41) is 3.38. The zero-order valence-corrected chi connectivity index (χ0v) is 13.1. The highest BCUT2D eigenvalue weighted by Gasteiger charge is 2.12. The largest absolute Gasteiger partial charge is 0.464 e. The van der Waals surface area contributed by atoms with E-state index in [1.165, 1.54) is 6.07 Å². The first kappa shape index (κ1) is 15.6. The van der Waals surface area contributed by atoms with Gasteiger partial charge < -0.3 is 14.6 Å². The molecule has 1 heterocycles. The van der Waals surface area contributed by atoms with Crippen molar-refractivity contribution in [3.05, 3.63) is 53.2 Å². The van der Waals surface area contributed by atoms with Crippen LogP contribution >= 0.6 is 0 Å². The van der Waals surface area contributed by atoms with Crippen molar-refractivity contribution >= 4 is 5.69 Å². The summed E-state index contributed by atoms with van der Waals surface area (Å²) in [7, 11) is 1.86. The van der Waals surface area contributed by atoms with Gasteiger partial charge in [-0.1, -0.05) is 26.0 Å². The maximum Gasteiger partial charge on any atom is 0.146 e. The van der Waals surface area contributed by atoms with Crippen molar-refractivity contribution in [3.63, 3.8) is 0 Å². The van der Waals surface area contributed by atoms with Crippen molar-refractivity contribution in [1.82, 2.24) is 5.32 Å².